The van der Waals surface area contributed by atoms with Crippen LogP contribution in [-0.4, -0.2) is 11.9 Å². The number of benzene rings is 2. The summed E-state index contributed by atoms with van der Waals surface area (Å²) >= 11 is 0. The topological polar surface area (TPSA) is 52.6 Å². The van der Waals surface area contributed by atoms with E-state index in [0.29, 0.717) is 11.5 Å². The zero-order chi connectivity index (χ0) is 25.3. The first-order chi connectivity index (χ1) is 16.7. The maximum Gasteiger partial charge on any atom is 0.315 e. The molecule has 35 heavy (non-hydrogen) atoms. The Balaban J connectivity index is 1.65. The number of hydrogen-bond donors (Lipinski definition) is 0. The van der Waals surface area contributed by atoms with Crippen molar-refractivity contribution in [2.45, 2.75) is 67.2 Å². The van der Waals surface area contributed by atoms with Gasteiger partial charge >= 0.3 is 11.9 Å². The van der Waals surface area contributed by atoms with E-state index >= 15 is 0 Å². The Morgan fingerprint density at radius 3 is 1.43 bits per heavy atom. The van der Waals surface area contributed by atoms with E-state index in [1.165, 1.54) is 0 Å². The van der Waals surface area contributed by atoms with Gasteiger partial charge in [-0.15, -0.1) is 0 Å². The zero-order valence-electron chi connectivity index (χ0n) is 21.9. The van der Waals surface area contributed by atoms with Crippen molar-refractivity contribution < 1.29 is 19.1 Å². The highest BCUT2D eigenvalue weighted by Crippen LogP contribution is 2.60. The number of aryl methyl sites for hydroxylation is 4. The van der Waals surface area contributed by atoms with Crippen molar-refractivity contribution >= 4 is 11.9 Å². The molecule has 1 fully saturated rings. The van der Waals surface area contributed by atoms with E-state index in [9.17, 15) is 9.59 Å². The van der Waals surface area contributed by atoms with Gasteiger partial charge in [0.2, 0.25) is 0 Å². The van der Waals surface area contributed by atoms with Crippen molar-refractivity contribution in [2.24, 2.45) is 29.1 Å². The van der Waals surface area contributed by atoms with E-state index < -0.39 is 11.8 Å². The first kappa shape index (κ1) is 25.2. The molecule has 1 saturated carbocycles. The number of allylic oxidation sites excluding steroid dienone is 2. The van der Waals surface area contributed by atoms with Gasteiger partial charge in [-0.05, 0) is 77.3 Å². The Morgan fingerprint density at radius 1 is 0.686 bits per heavy atom. The second kappa shape index (κ2) is 10.0. The summed E-state index contributed by atoms with van der Waals surface area (Å²) in [6, 6.07) is 12.1. The molecule has 0 spiro atoms. The molecule has 2 aliphatic carbocycles. The van der Waals surface area contributed by atoms with Gasteiger partial charge in [0.15, 0.2) is 0 Å². The van der Waals surface area contributed by atoms with Crippen LogP contribution in [-0.2, 0) is 35.3 Å². The summed E-state index contributed by atoms with van der Waals surface area (Å²) < 4.78 is 12.1. The summed E-state index contributed by atoms with van der Waals surface area (Å²) in [5.74, 6) is -0.719. The van der Waals surface area contributed by atoms with Crippen molar-refractivity contribution in [3.05, 3.63) is 70.8 Å². The molecule has 4 unspecified atom stereocenters. The minimum absolute atomic E-state index is 0.0652. The highest BCUT2D eigenvalue weighted by atomic mass is 16.5. The number of carbonyl (C=O) groups is 2. The lowest BCUT2D eigenvalue weighted by Gasteiger charge is -2.25. The number of carbonyl (C=O) groups excluding carboxylic acids is 2. The average molecular weight is 475 g/mol. The van der Waals surface area contributed by atoms with Crippen molar-refractivity contribution in [1.29, 1.82) is 0 Å². The molecule has 2 aromatic carbocycles. The fraction of sp³-hybridized carbons (Fsp3) is 0.484. The molecule has 4 heteroatoms. The van der Waals surface area contributed by atoms with E-state index in [2.05, 4.69) is 65.8 Å². The Labute approximate surface area is 209 Å². The van der Waals surface area contributed by atoms with Gasteiger partial charge in [-0.2, -0.15) is 0 Å². The quantitative estimate of drug-likeness (QED) is 0.248. The van der Waals surface area contributed by atoms with Crippen molar-refractivity contribution in [1.82, 2.24) is 0 Å². The van der Waals surface area contributed by atoms with Gasteiger partial charge in [0.25, 0.3) is 0 Å². The molecule has 0 aliphatic heterocycles. The van der Waals surface area contributed by atoms with Crippen LogP contribution in [0.1, 0.15) is 63.8 Å². The lowest BCUT2D eigenvalue weighted by molar-refractivity contribution is -0.151. The molecular weight excluding hydrogens is 436 g/mol. The smallest absolute Gasteiger partial charge is 0.315 e. The molecule has 2 bridgehead atoms. The van der Waals surface area contributed by atoms with Crippen LogP contribution in [0.15, 0.2) is 48.6 Å². The summed E-state index contributed by atoms with van der Waals surface area (Å²) in [5, 5.41) is 0. The third-order valence-electron chi connectivity index (χ3n) is 8.21. The first-order valence-corrected chi connectivity index (χ1v) is 13.1. The van der Waals surface area contributed by atoms with E-state index in [1.54, 1.807) is 0 Å². The van der Waals surface area contributed by atoms with Gasteiger partial charge in [0, 0.05) is 0 Å². The van der Waals surface area contributed by atoms with Crippen molar-refractivity contribution in [2.75, 3.05) is 0 Å². The van der Waals surface area contributed by atoms with E-state index in [4.69, 9.17) is 9.47 Å². The summed E-state index contributed by atoms with van der Waals surface area (Å²) in [6.45, 7) is 12.6. The number of ether oxygens (including phenoxy) is 2. The van der Waals surface area contributed by atoms with E-state index in [0.717, 1.165) is 47.9 Å². The monoisotopic (exact) mass is 474 g/mol. The summed E-state index contributed by atoms with van der Waals surface area (Å²) in [4.78, 5) is 27.4. The highest BCUT2D eigenvalue weighted by molar-refractivity contribution is 5.87. The molecule has 2 aliphatic rings. The first-order valence-electron chi connectivity index (χ1n) is 13.1. The Bertz CT molecular complexity index is 1060. The fourth-order valence-electron chi connectivity index (χ4n) is 5.92. The van der Waals surface area contributed by atoms with Crippen LogP contribution < -0.4 is 9.47 Å². The summed E-state index contributed by atoms with van der Waals surface area (Å²) in [5.41, 5.74) is 4.02. The molecule has 186 valence electrons. The molecule has 0 radical (unpaired) electrons. The number of esters is 2. The van der Waals surface area contributed by atoms with Crippen LogP contribution in [0, 0.1) is 29.1 Å². The summed E-state index contributed by atoms with van der Waals surface area (Å²) in [7, 11) is 0. The third kappa shape index (κ3) is 4.55. The molecule has 4 rings (SSSR count). The van der Waals surface area contributed by atoms with Gasteiger partial charge in [-0.3, -0.25) is 9.59 Å². The molecule has 2 aromatic rings. The zero-order valence-corrected chi connectivity index (χ0v) is 21.9. The Hall–Kier alpha value is -2.88. The molecule has 4 atom stereocenters. The standard InChI is InChI=1S/C31H38O4/c1-7-19-11-13-21(9-3)25(17-19)34-29(32)27-23-15-16-24(31(23,5)6)28(27)30(33)35-26-18-20(8-2)12-14-22(26)10-4/h11-18,23-24,27-28H,7-10H2,1-6H3. The maximum atomic E-state index is 13.7. The van der Waals surface area contributed by atoms with E-state index in [-0.39, 0.29) is 29.2 Å². The second-order valence-electron chi connectivity index (χ2n) is 10.4. The number of rotatable bonds is 8. The van der Waals surface area contributed by atoms with Gasteiger partial charge in [0.1, 0.15) is 11.5 Å². The van der Waals surface area contributed by atoms with Gasteiger partial charge in [0.05, 0.1) is 11.8 Å². The minimum atomic E-state index is -0.568. The Morgan fingerprint density at radius 2 is 1.09 bits per heavy atom. The van der Waals surface area contributed by atoms with Crippen molar-refractivity contribution in [3.8, 4) is 11.5 Å². The lowest BCUT2D eigenvalue weighted by atomic mass is 9.79. The van der Waals surface area contributed by atoms with Gasteiger partial charge in [-0.25, -0.2) is 0 Å². The second-order valence-corrected chi connectivity index (χ2v) is 10.4. The fourth-order valence-corrected chi connectivity index (χ4v) is 5.92. The number of fused-ring (bicyclic) bond motifs is 2. The molecule has 0 heterocycles. The van der Waals surface area contributed by atoms with Crippen LogP contribution in [0.5, 0.6) is 11.5 Å². The normalized spacial score (nSPS) is 23.9. The molecule has 0 N–H and O–H groups in total. The predicted molar refractivity (Wildman–Crippen MR) is 139 cm³/mol. The molecule has 0 amide bonds. The van der Waals surface area contributed by atoms with Crippen LogP contribution in [0.2, 0.25) is 0 Å². The van der Waals surface area contributed by atoms with Crippen LogP contribution in [0.3, 0.4) is 0 Å². The SMILES string of the molecule is CCc1ccc(CC)c(OC(=O)C2C(C(=O)Oc3cc(CC)ccc3CC)C3C=CC2C3(C)C)c1. The van der Waals surface area contributed by atoms with Crippen molar-refractivity contribution in [3.63, 3.8) is 0 Å². The molecule has 0 aromatic heterocycles. The largest absolute Gasteiger partial charge is 0.426 e. The molecular formula is C31H38O4. The van der Waals surface area contributed by atoms with E-state index in [1.807, 2.05) is 24.3 Å². The molecule has 0 saturated heterocycles. The van der Waals surface area contributed by atoms with Crippen LogP contribution in [0.4, 0.5) is 0 Å². The summed E-state index contributed by atoms with van der Waals surface area (Å²) in [6.07, 6.45) is 7.47. The van der Waals surface area contributed by atoms with Gasteiger partial charge < -0.3 is 9.47 Å². The molecule has 4 nitrogen and oxygen atoms in total. The van der Waals surface area contributed by atoms with Crippen LogP contribution >= 0.6 is 0 Å². The maximum absolute atomic E-state index is 13.7. The minimum Gasteiger partial charge on any atom is -0.426 e. The predicted octanol–water partition coefficient (Wildman–Crippen LogP) is 6.52. The third-order valence-corrected chi connectivity index (χ3v) is 8.21. The van der Waals surface area contributed by atoms with Gasteiger partial charge in [-0.1, -0.05) is 78.0 Å². The van der Waals surface area contributed by atoms with Crippen LogP contribution in [0.25, 0.3) is 0 Å². The average Bonchev–Trinajstić information content (AvgIpc) is 3.28. The number of hydrogen-bond acceptors (Lipinski definition) is 4. The Kier molecular flexibility index (Phi) is 7.21. The lowest BCUT2D eigenvalue weighted by Crippen LogP contribution is -2.37. The highest BCUT2D eigenvalue weighted by Gasteiger charge is 2.62.